The number of benzene rings is 1. The van der Waals surface area contributed by atoms with Crippen molar-refractivity contribution in [2.45, 2.75) is 13.8 Å². The third kappa shape index (κ3) is 2.63. The summed E-state index contributed by atoms with van der Waals surface area (Å²) in [7, 11) is 0. The third-order valence-corrected chi connectivity index (χ3v) is 2.43. The topological polar surface area (TPSA) is 67.0 Å². The number of aryl methyl sites for hydroxylation is 1. The zero-order chi connectivity index (χ0) is 12.3. The second-order valence-electron chi connectivity index (χ2n) is 3.65. The van der Waals surface area contributed by atoms with Crippen LogP contribution in [0.15, 0.2) is 30.3 Å². The summed E-state index contributed by atoms with van der Waals surface area (Å²) in [6.45, 7) is 3.76. The largest absolute Gasteiger partial charge is 0.418 e. The maximum atomic E-state index is 11.6. The van der Waals surface area contributed by atoms with Crippen molar-refractivity contribution in [3.63, 3.8) is 0 Å². The first kappa shape index (κ1) is 11.2. The van der Waals surface area contributed by atoms with Gasteiger partial charge in [-0.2, -0.15) is 5.10 Å². The summed E-state index contributed by atoms with van der Waals surface area (Å²) in [6, 6.07) is 8.87. The normalized spacial score (nSPS) is 10.0. The van der Waals surface area contributed by atoms with Gasteiger partial charge in [0, 0.05) is 11.3 Å². The Morgan fingerprint density at radius 1 is 1.29 bits per heavy atom. The van der Waals surface area contributed by atoms with E-state index in [0.29, 0.717) is 11.6 Å². The number of aromatic nitrogens is 2. The number of para-hydroxylation sites is 1. The van der Waals surface area contributed by atoms with Gasteiger partial charge in [0.05, 0.1) is 0 Å². The lowest BCUT2D eigenvalue weighted by atomic mass is 10.3. The van der Waals surface area contributed by atoms with Gasteiger partial charge in [-0.15, -0.1) is 0 Å². The first-order valence-electron chi connectivity index (χ1n) is 5.22. The fourth-order valence-corrected chi connectivity index (χ4v) is 1.32. The van der Waals surface area contributed by atoms with Crippen LogP contribution in [0.3, 0.4) is 0 Å². The molecule has 1 heterocycles. The predicted molar refractivity (Wildman–Crippen MR) is 64.2 cm³/mol. The molecule has 5 heteroatoms. The molecule has 0 aliphatic heterocycles. The van der Waals surface area contributed by atoms with Gasteiger partial charge in [-0.3, -0.25) is 10.4 Å². The Balaban J connectivity index is 2.01. The Morgan fingerprint density at radius 2 is 2.00 bits per heavy atom. The summed E-state index contributed by atoms with van der Waals surface area (Å²) in [4.78, 5) is 11.6. The number of nitrogens with zero attached hydrogens (tertiary/aromatic N) is 1. The first-order valence-corrected chi connectivity index (χ1v) is 5.22. The van der Waals surface area contributed by atoms with Gasteiger partial charge < -0.3 is 4.74 Å². The van der Waals surface area contributed by atoms with Crippen LogP contribution in [0.4, 0.5) is 10.6 Å². The van der Waals surface area contributed by atoms with Crippen LogP contribution in [0.25, 0.3) is 0 Å². The smallest absolute Gasteiger partial charge is 0.410 e. The highest BCUT2D eigenvalue weighted by Gasteiger charge is 2.10. The van der Waals surface area contributed by atoms with Crippen molar-refractivity contribution in [2.24, 2.45) is 0 Å². The molecule has 2 rings (SSSR count). The van der Waals surface area contributed by atoms with Gasteiger partial charge in [-0.05, 0) is 26.0 Å². The number of aromatic amines is 1. The van der Waals surface area contributed by atoms with E-state index in [0.717, 1.165) is 11.3 Å². The fraction of sp³-hybridized carbons (Fsp3) is 0.167. The van der Waals surface area contributed by atoms with Crippen molar-refractivity contribution in [3.8, 4) is 5.75 Å². The molecule has 0 atom stereocenters. The summed E-state index contributed by atoms with van der Waals surface area (Å²) in [6.07, 6.45) is -0.550. The number of carbonyl (C=O) groups is 1. The third-order valence-electron chi connectivity index (χ3n) is 2.43. The van der Waals surface area contributed by atoms with E-state index in [1.54, 1.807) is 24.3 Å². The molecular weight excluding hydrogens is 218 g/mol. The van der Waals surface area contributed by atoms with E-state index >= 15 is 0 Å². The van der Waals surface area contributed by atoms with Gasteiger partial charge in [0.15, 0.2) is 5.82 Å². The zero-order valence-corrected chi connectivity index (χ0v) is 9.65. The van der Waals surface area contributed by atoms with Crippen molar-refractivity contribution < 1.29 is 9.53 Å². The fourth-order valence-electron chi connectivity index (χ4n) is 1.32. The number of hydrogen-bond donors (Lipinski definition) is 2. The van der Waals surface area contributed by atoms with Gasteiger partial charge in [0.2, 0.25) is 0 Å². The Hall–Kier alpha value is -2.30. The molecule has 0 aliphatic carbocycles. The second kappa shape index (κ2) is 4.69. The molecule has 2 N–H and O–H groups in total. The Bertz CT molecular complexity index is 520. The first-order chi connectivity index (χ1) is 8.16. The Kier molecular flexibility index (Phi) is 3.09. The van der Waals surface area contributed by atoms with E-state index in [2.05, 4.69) is 15.5 Å². The molecule has 1 amide bonds. The standard InChI is InChI=1S/C12H13N3O2/c1-8-9(2)14-15-11(8)13-12(16)17-10-6-4-3-5-7-10/h3-7H,1-2H3,(H2,13,14,15,16). The molecule has 1 aromatic heterocycles. The van der Waals surface area contributed by atoms with Crippen LogP contribution < -0.4 is 10.1 Å². The van der Waals surface area contributed by atoms with Gasteiger partial charge in [-0.1, -0.05) is 18.2 Å². The van der Waals surface area contributed by atoms with E-state index in [-0.39, 0.29) is 0 Å². The highest BCUT2D eigenvalue weighted by molar-refractivity contribution is 5.86. The molecule has 88 valence electrons. The van der Waals surface area contributed by atoms with Crippen LogP contribution in [0.1, 0.15) is 11.3 Å². The van der Waals surface area contributed by atoms with E-state index in [4.69, 9.17) is 4.74 Å². The summed E-state index contributed by atoms with van der Waals surface area (Å²) in [5, 5.41) is 9.32. The maximum absolute atomic E-state index is 11.6. The number of carbonyl (C=O) groups excluding carboxylic acids is 1. The SMILES string of the molecule is Cc1[nH]nc(NC(=O)Oc2ccccc2)c1C. The molecule has 0 saturated heterocycles. The molecule has 0 unspecified atom stereocenters. The van der Waals surface area contributed by atoms with Crippen molar-refractivity contribution in [1.29, 1.82) is 0 Å². The minimum absolute atomic E-state index is 0.489. The Morgan fingerprint density at radius 3 is 2.59 bits per heavy atom. The molecule has 0 radical (unpaired) electrons. The average molecular weight is 231 g/mol. The maximum Gasteiger partial charge on any atom is 0.418 e. The highest BCUT2D eigenvalue weighted by Crippen LogP contribution is 2.15. The molecule has 2 aromatic rings. The van der Waals surface area contributed by atoms with Crippen LogP contribution in [0, 0.1) is 13.8 Å². The number of anilines is 1. The van der Waals surface area contributed by atoms with Crippen LogP contribution in [0.2, 0.25) is 0 Å². The summed E-state index contributed by atoms with van der Waals surface area (Å²) in [5.74, 6) is 0.985. The van der Waals surface area contributed by atoms with Crippen LogP contribution in [-0.4, -0.2) is 16.3 Å². The lowest BCUT2D eigenvalue weighted by Crippen LogP contribution is -2.17. The lowest BCUT2D eigenvalue weighted by Gasteiger charge is -2.04. The molecule has 17 heavy (non-hydrogen) atoms. The molecule has 1 aromatic carbocycles. The summed E-state index contributed by atoms with van der Waals surface area (Å²) < 4.78 is 5.08. The van der Waals surface area contributed by atoms with Gasteiger partial charge >= 0.3 is 6.09 Å². The summed E-state index contributed by atoms with van der Waals surface area (Å²) >= 11 is 0. The van der Waals surface area contributed by atoms with Gasteiger partial charge in [0.1, 0.15) is 5.75 Å². The van der Waals surface area contributed by atoms with Crippen molar-refractivity contribution >= 4 is 11.9 Å². The predicted octanol–water partition coefficient (Wildman–Crippen LogP) is 2.64. The Labute approximate surface area is 98.8 Å². The molecule has 0 spiro atoms. The zero-order valence-electron chi connectivity index (χ0n) is 9.65. The molecule has 0 bridgehead atoms. The highest BCUT2D eigenvalue weighted by atomic mass is 16.6. The number of ether oxygens (including phenoxy) is 1. The summed E-state index contributed by atoms with van der Waals surface area (Å²) in [5.41, 5.74) is 1.81. The van der Waals surface area contributed by atoms with Gasteiger partial charge in [-0.25, -0.2) is 4.79 Å². The lowest BCUT2D eigenvalue weighted by molar-refractivity contribution is 0.215. The van der Waals surface area contributed by atoms with E-state index < -0.39 is 6.09 Å². The van der Waals surface area contributed by atoms with Gasteiger partial charge in [0.25, 0.3) is 0 Å². The van der Waals surface area contributed by atoms with E-state index in [9.17, 15) is 4.79 Å². The molecule has 0 fully saturated rings. The number of H-pyrrole nitrogens is 1. The number of hydrogen-bond acceptors (Lipinski definition) is 3. The molecule has 0 aliphatic rings. The van der Waals surface area contributed by atoms with Crippen LogP contribution in [-0.2, 0) is 0 Å². The second-order valence-corrected chi connectivity index (χ2v) is 3.65. The molecule has 0 saturated carbocycles. The van der Waals surface area contributed by atoms with Crippen LogP contribution in [0.5, 0.6) is 5.75 Å². The average Bonchev–Trinajstić information content (AvgIpc) is 2.62. The monoisotopic (exact) mass is 231 g/mol. The van der Waals surface area contributed by atoms with Crippen molar-refractivity contribution in [1.82, 2.24) is 10.2 Å². The van der Waals surface area contributed by atoms with E-state index in [1.165, 1.54) is 0 Å². The number of amides is 1. The minimum atomic E-state index is -0.550. The molecular formula is C12H13N3O2. The van der Waals surface area contributed by atoms with Crippen molar-refractivity contribution in [3.05, 3.63) is 41.6 Å². The van der Waals surface area contributed by atoms with Crippen molar-refractivity contribution in [2.75, 3.05) is 5.32 Å². The number of rotatable bonds is 2. The quantitative estimate of drug-likeness (QED) is 0.834. The van der Waals surface area contributed by atoms with E-state index in [1.807, 2.05) is 19.9 Å². The molecule has 5 nitrogen and oxygen atoms in total. The number of nitrogens with one attached hydrogen (secondary N) is 2. The van der Waals surface area contributed by atoms with Crippen LogP contribution >= 0.6 is 0 Å². The minimum Gasteiger partial charge on any atom is -0.410 e.